The van der Waals surface area contributed by atoms with Gasteiger partial charge >= 0.3 is 0 Å². The maximum atomic E-state index is 6.01. The fourth-order valence-electron chi connectivity index (χ4n) is 1.73. The van der Waals surface area contributed by atoms with Gasteiger partial charge in [-0.15, -0.1) is 0 Å². The van der Waals surface area contributed by atoms with Gasteiger partial charge in [-0.05, 0) is 12.1 Å². The highest BCUT2D eigenvalue weighted by Crippen LogP contribution is 2.28. The van der Waals surface area contributed by atoms with E-state index >= 15 is 0 Å². The highest BCUT2D eigenvalue weighted by molar-refractivity contribution is 5.82. The molecule has 0 saturated heterocycles. The molecule has 0 unspecified atom stereocenters. The minimum atomic E-state index is -0.00584. The van der Waals surface area contributed by atoms with Crippen LogP contribution in [0.2, 0.25) is 0 Å². The molecule has 0 atom stereocenters. The van der Waals surface area contributed by atoms with Crippen LogP contribution in [0.5, 0.6) is 0 Å². The minimum Gasteiger partial charge on any atom is -0.397 e. The second kappa shape index (κ2) is 3.23. The van der Waals surface area contributed by atoms with Crippen LogP contribution in [0.1, 0.15) is 26.5 Å². The third kappa shape index (κ3) is 1.80. The first-order valence-corrected chi connectivity index (χ1v) is 5.14. The highest BCUT2D eigenvalue weighted by atomic mass is 14.8. The summed E-state index contributed by atoms with van der Waals surface area (Å²) in [6.07, 6.45) is 0. The second-order valence-electron chi connectivity index (χ2n) is 4.87. The number of fused-ring (bicyclic) bond motifs is 1. The number of rotatable bonds is 0. The fraction of sp³-hybridized carbons (Fsp3) is 0.308. The van der Waals surface area contributed by atoms with Gasteiger partial charge in [0.05, 0.1) is 16.9 Å². The van der Waals surface area contributed by atoms with Gasteiger partial charge in [-0.25, -0.2) is 0 Å². The van der Waals surface area contributed by atoms with Crippen LogP contribution in [0.3, 0.4) is 0 Å². The van der Waals surface area contributed by atoms with Crippen molar-refractivity contribution in [3.8, 4) is 0 Å². The number of nitrogens with zero attached hydrogens (tertiary/aromatic N) is 1. The first-order valence-electron chi connectivity index (χ1n) is 5.14. The molecule has 2 heteroatoms. The van der Waals surface area contributed by atoms with Gasteiger partial charge in [0.1, 0.15) is 0 Å². The number of anilines is 1. The molecule has 0 aliphatic carbocycles. The van der Waals surface area contributed by atoms with E-state index in [4.69, 9.17) is 5.73 Å². The smallest absolute Gasteiger partial charge is 0.0707 e. The molecule has 0 amide bonds. The van der Waals surface area contributed by atoms with Crippen molar-refractivity contribution in [3.63, 3.8) is 0 Å². The predicted molar refractivity (Wildman–Crippen MR) is 64.9 cm³/mol. The van der Waals surface area contributed by atoms with E-state index in [-0.39, 0.29) is 5.41 Å². The Balaban J connectivity index is 2.73. The summed E-state index contributed by atoms with van der Waals surface area (Å²) in [4.78, 5) is 4.62. The highest BCUT2D eigenvalue weighted by Gasteiger charge is 2.19. The van der Waals surface area contributed by atoms with Crippen LogP contribution < -0.4 is 5.73 Å². The molecule has 0 radical (unpaired) electrons. The number of hydrogen-bond donors (Lipinski definition) is 1. The molecule has 0 aliphatic rings. The monoisotopic (exact) mass is 200 g/mol. The van der Waals surface area contributed by atoms with Gasteiger partial charge in [0.2, 0.25) is 0 Å². The Morgan fingerprint density at radius 2 is 1.80 bits per heavy atom. The number of aromatic nitrogens is 1. The number of para-hydroxylation sites is 1. The van der Waals surface area contributed by atoms with Crippen LogP contribution in [0.25, 0.3) is 10.9 Å². The Labute approximate surface area is 90.1 Å². The van der Waals surface area contributed by atoms with Crippen LogP contribution in [0.15, 0.2) is 30.3 Å². The van der Waals surface area contributed by atoms with Crippen molar-refractivity contribution in [2.45, 2.75) is 26.2 Å². The van der Waals surface area contributed by atoms with Gasteiger partial charge in [-0.2, -0.15) is 0 Å². The quantitative estimate of drug-likeness (QED) is 0.709. The Morgan fingerprint density at radius 3 is 2.47 bits per heavy atom. The van der Waals surface area contributed by atoms with Gasteiger partial charge in [-0.1, -0.05) is 39.0 Å². The maximum Gasteiger partial charge on any atom is 0.0707 e. The standard InChI is InChI=1S/C13H16N2/c1-13(2,3)12-10(14)8-9-6-4-5-7-11(9)15-12/h4-8H,14H2,1-3H3. The van der Waals surface area contributed by atoms with Crippen LogP contribution in [-0.2, 0) is 5.41 Å². The van der Waals surface area contributed by atoms with Crippen molar-refractivity contribution in [2.75, 3.05) is 5.73 Å². The zero-order chi connectivity index (χ0) is 11.1. The molecule has 0 aliphatic heterocycles. The van der Waals surface area contributed by atoms with Crippen LogP contribution in [-0.4, -0.2) is 4.98 Å². The molecule has 2 N–H and O–H groups in total. The van der Waals surface area contributed by atoms with Gasteiger partial charge in [0.25, 0.3) is 0 Å². The Bertz CT molecular complexity index is 495. The molecule has 15 heavy (non-hydrogen) atoms. The summed E-state index contributed by atoms with van der Waals surface area (Å²) in [6.45, 7) is 6.38. The molecule has 1 heterocycles. The lowest BCUT2D eigenvalue weighted by Crippen LogP contribution is -2.16. The summed E-state index contributed by atoms with van der Waals surface area (Å²) in [7, 11) is 0. The molecule has 0 saturated carbocycles. The lowest BCUT2D eigenvalue weighted by Gasteiger charge is -2.20. The van der Waals surface area contributed by atoms with E-state index in [1.165, 1.54) is 0 Å². The molecule has 1 aromatic heterocycles. The molecule has 0 spiro atoms. The number of hydrogen-bond acceptors (Lipinski definition) is 2. The third-order valence-corrected chi connectivity index (χ3v) is 2.46. The van der Waals surface area contributed by atoms with Gasteiger partial charge < -0.3 is 5.73 Å². The molecule has 0 fully saturated rings. The average molecular weight is 200 g/mol. The van der Waals surface area contributed by atoms with Crippen molar-refractivity contribution in [1.82, 2.24) is 4.98 Å². The summed E-state index contributed by atoms with van der Waals surface area (Å²) in [5, 5.41) is 1.10. The maximum absolute atomic E-state index is 6.01. The number of pyridine rings is 1. The second-order valence-corrected chi connectivity index (χ2v) is 4.87. The SMILES string of the molecule is CC(C)(C)c1nc2ccccc2cc1N. The zero-order valence-electron chi connectivity index (χ0n) is 9.41. The number of nitrogen functional groups attached to an aromatic ring is 1. The van der Waals surface area contributed by atoms with Gasteiger partial charge in [0, 0.05) is 10.8 Å². The van der Waals surface area contributed by atoms with Crippen LogP contribution in [0, 0.1) is 0 Å². The normalized spacial score (nSPS) is 11.9. The zero-order valence-corrected chi connectivity index (χ0v) is 9.41. The largest absolute Gasteiger partial charge is 0.397 e. The molecule has 2 aromatic rings. The van der Waals surface area contributed by atoms with E-state index < -0.39 is 0 Å². The molecule has 78 valence electrons. The first kappa shape index (κ1) is 9.97. The molecule has 2 nitrogen and oxygen atoms in total. The third-order valence-electron chi connectivity index (χ3n) is 2.46. The minimum absolute atomic E-state index is 0.00584. The lowest BCUT2D eigenvalue weighted by atomic mass is 9.90. The Morgan fingerprint density at radius 1 is 1.13 bits per heavy atom. The van der Waals surface area contributed by atoms with E-state index in [9.17, 15) is 0 Å². The summed E-state index contributed by atoms with van der Waals surface area (Å²) < 4.78 is 0. The predicted octanol–water partition coefficient (Wildman–Crippen LogP) is 3.11. The van der Waals surface area contributed by atoms with E-state index in [0.29, 0.717) is 0 Å². The summed E-state index contributed by atoms with van der Waals surface area (Å²) >= 11 is 0. The molecular weight excluding hydrogens is 184 g/mol. The van der Waals surface area contributed by atoms with Crippen LogP contribution in [0.4, 0.5) is 5.69 Å². The van der Waals surface area contributed by atoms with Crippen molar-refractivity contribution in [1.29, 1.82) is 0 Å². The van der Waals surface area contributed by atoms with Gasteiger partial charge in [-0.3, -0.25) is 4.98 Å². The molecule has 2 rings (SSSR count). The van der Waals surface area contributed by atoms with Gasteiger partial charge in [0.15, 0.2) is 0 Å². The average Bonchev–Trinajstić information content (AvgIpc) is 2.15. The van der Waals surface area contributed by atoms with E-state index in [0.717, 1.165) is 22.3 Å². The number of benzene rings is 1. The summed E-state index contributed by atoms with van der Waals surface area (Å²) in [5.41, 5.74) is 8.77. The summed E-state index contributed by atoms with van der Waals surface area (Å²) in [5.74, 6) is 0. The van der Waals surface area contributed by atoms with Crippen molar-refractivity contribution in [2.24, 2.45) is 0 Å². The first-order chi connectivity index (χ1) is 6.98. The lowest BCUT2D eigenvalue weighted by molar-refractivity contribution is 0.574. The summed E-state index contributed by atoms with van der Waals surface area (Å²) in [6, 6.07) is 10.1. The van der Waals surface area contributed by atoms with E-state index in [1.807, 2.05) is 30.3 Å². The van der Waals surface area contributed by atoms with Crippen LogP contribution >= 0.6 is 0 Å². The fourth-order valence-corrected chi connectivity index (χ4v) is 1.73. The molecule has 0 bridgehead atoms. The number of nitrogens with two attached hydrogens (primary N) is 1. The van der Waals surface area contributed by atoms with E-state index in [1.54, 1.807) is 0 Å². The van der Waals surface area contributed by atoms with Crippen molar-refractivity contribution < 1.29 is 0 Å². The van der Waals surface area contributed by atoms with Crippen molar-refractivity contribution >= 4 is 16.6 Å². The topological polar surface area (TPSA) is 38.9 Å². The van der Waals surface area contributed by atoms with E-state index in [2.05, 4.69) is 25.8 Å². The Kier molecular flexibility index (Phi) is 2.14. The Hall–Kier alpha value is -1.57. The molecule has 1 aromatic carbocycles. The van der Waals surface area contributed by atoms with Crippen molar-refractivity contribution in [3.05, 3.63) is 36.0 Å². The molecular formula is C13H16N2.